The molecule has 2 fully saturated rings. The van der Waals surface area contributed by atoms with E-state index in [0.29, 0.717) is 17.9 Å². The van der Waals surface area contributed by atoms with Crippen molar-refractivity contribution in [3.63, 3.8) is 0 Å². The number of piperidine rings is 1. The first-order valence-corrected chi connectivity index (χ1v) is 13.0. The van der Waals surface area contributed by atoms with Gasteiger partial charge in [0.05, 0.1) is 4.90 Å². The van der Waals surface area contributed by atoms with Crippen LogP contribution in [0.1, 0.15) is 57.9 Å². The highest BCUT2D eigenvalue weighted by Gasteiger charge is 2.37. The van der Waals surface area contributed by atoms with Crippen molar-refractivity contribution in [1.82, 2.24) is 9.62 Å². The monoisotopic (exact) mass is 433 g/mol. The molecule has 0 radical (unpaired) electrons. The largest absolute Gasteiger partial charge is 0.309 e. The van der Waals surface area contributed by atoms with Crippen LogP contribution < -0.4 is 9.62 Å². The quantitative estimate of drug-likeness (QED) is 0.671. The summed E-state index contributed by atoms with van der Waals surface area (Å²) in [6.45, 7) is 7.96. The number of benzene rings is 1. The Morgan fingerprint density at radius 3 is 2.67 bits per heavy atom. The number of amides is 1. The fourth-order valence-electron chi connectivity index (χ4n) is 5.04. The summed E-state index contributed by atoms with van der Waals surface area (Å²) in [5.41, 5.74) is 1.85. The summed E-state index contributed by atoms with van der Waals surface area (Å²) >= 11 is 0. The number of nitrogens with zero attached hydrogens (tertiary/aromatic N) is 2. The van der Waals surface area contributed by atoms with Gasteiger partial charge in [0.2, 0.25) is 15.9 Å². The smallest absolute Gasteiger partial charge is 0.240 e. The molecule has 2 aliphatic heterocycles. The molecule has 1 aliphatic carbocycles. The van der Waals surface area contributed by atoms with Crippen LogP contribution in [0.25, 0.3) is 0 Å². The van der Waals surface area contributed by atoms with Gasteiger partial charge in [-0.05, 0) is 88.2 Å². The number of rotatable bonds is 7. The summed E-state index contributed by atoms with van der Waals surface area (Å²) in [6.07, 6.45) is 7.14. The van der Waals surface area contributed by atoms with Crippen LogP contribution in [0.2, 0.25) is 0 Å². The fourth-order valence-corrected chi connectivity index (χ4v) is 6.17. The molecule has 1 saturated carbocycles. The highest BCUT2D eigenvalue weighted by Crippen LogP contribution is 2.38. The van der Waals surface area contributed by atoms with Crippen LogP contribution >= 0.6 is 0 Å². The van der Waals surface area contributed by atoms with Gasteiger partial charge in [-0.25, -0.2) is 13.1 Å². The van der Waals surface area contributed by atoms with E-state index in [-0.39, 0.29) is 17.9 Å². The standard InChI is InChI=1S/C23H35N3O3S/c1-17-6-4-12-25(16-17)13-5-11-24-30(28,29)21-9-10-22-20(15-21)14-18(2)26(22)23(27)19-7-3-8-19/h9-10,15,17-19,24H,3-8,11-14,16H2,1-2H3/t17-,18+/m1/s1. The highest BCUT2D eigenvalue weighted by molar-refractivity contribution is 7.89. The highest BCUT2D eigenvalue weighted by atomic mass is 32.2. The van der Waals surface area contributed by atoms with Gasteiger partial charge in [0.25, 0.3) is 0 Å². The summed E-state index contributed by atoms with van der Waals surface area (Å²) < 4.78 is 28.3. The van der Waals surface area contributed by atoms with Crippen molar-refractivity contribution in [2.45, 2.75) is 69.7 Å². The van der Waals surface area contributed by atoms with Crippen molar-refractivity contribution < 1.29 is 13.2 Å². The lowest BCUT2D eigenvalue weighted by molar-refractivity contribution is -0.125. The van der Waals surface area contributed by atoms with Gasteiger partial charge in [-0.2, -0.15) is 0 Å². The predicted octanol–water partition coefficient (Wildman–Crippen LogP) is 3.16. The van der Waals surface area contributed by atoms with Crippen LogP contribution in [-0.2, 0) is 21.2 Å². The van der Waals surface area contributed by atoms with E-state index in [2.05, 4.69) is 16.5 Å². The van der Waals surface area contributed by atoms with Crippen molar-refractivity contribution >= 4 is 21.6 Å². The maximum atomic E-state index is 12.8. The normalized spacial score (nSPS) is 25.2. The Hall–Kier alpha value is -1.44. The topological polar surface area (TPSA) is 69.7 Å². The molecule has 3 aliphatic rings. The van der Waals surface area contributed by atoms with Crippen molar-refractivity contribution in [2.75, 3.05) is 31.1 Å². The lowest BCUT2D eigenvalue weighted by Crippen LogP contribution is -2.42. The van der Waals surface area contributed by atoms with E-state index in [1.54, 1.807) is 12.1 Å². The first-order chi connectivity index (χ1) is 14.3. The Balaban J connectivity index is 1.36. The molecule has 166 valence electrons. The molecule has 2 heterocycles. The van der Waals surface area contributed by atoms with E-state index in [1.807, 2.05) is 17.9 Å². The third-order valence-electron chi connectivity index (χ3n) is 6.95. The molecule has 1 amide bonds. The maximum Gasteiger partial charge on any atom is 0.240 e. The zero-order chi connectivity index (χ0) is 21.3. The van der Waals surface area contributed by atoms with Gasteiger partial charge in [0.15, 0.2) is 0 Å². The number of fused-ring (bicyclic) bond motifs is 1. The molecule has 0 bridgehead atoms. The van der Waals surface area contributed by atoms with Crippen LogP contribution in [0.15, 0.2) is 23.1 Å². The molecule has 4 rings (SSSR count). The molecule has 1 aromatic rings. The number of hydrogen-bond donors (Lipinski definition) is 1. The first-order valence-electron chi connectivity index (χ1n) is 11.5. The van der Waals surface area contributed by atoms with Gasteiger partial charge in [0, 0.05) is 30.7 Å². The minimum absolute atomic E-state index is 0.0888. The SMILES string of the molecule is C[C@@H]1CCCN(CCCNS(=O)(=O)c2ccc3c(c2)C[C@H](C)N3C(=O)C2CCC2)C1. The molecule has 0 spiro atoms. The second-order valence-electron chi connectivity index (χ2n) is 9.48. The number of hydrogen-bond acceptors (Lipinski definition) is 4. The van der Waals surface area contributed by atoms with Crippen molar-refractivity contribution in [3.05, 3.63) is 23.8 Å². The summed E-state index contributed by atoms with van der Waals surface area (Å²) in [4.78, 5) is 17.4. The molecule has 7 heteroatoms. The molecular weight excluding hydrogens is 398 g/mol. The molecule has 0 aromatic heterocycles. The minimum atomic E-state index is -3.53. The average Bonchev–Trinajstić information content (AvgIpc) is 2.99. The summed E-state index contributed by atoms with van der Waals surface area (Å²) in [7, 11) is -3.53. The second kappa shape index (κ2) is 8.97. The van der Waals surface area contributed by atoms with Crippen molar-refractivity contribution in [3.8, 4) is 0 Å². The van der Waals surface area contributed by atoms with Gasteiger partial charge in [0.1, 0.15) is 0 Å². The van der Waals surface area contributed by atoms with E-state index < -0.39 is 10.0 Å². The first kappa shape index (κ1) is 21.8. The number of likely N-dealkylation sites (tertiary alicyclic amines) is 1. The van der Waals surface area contributed by atoms with Crippen LogP contribution in [0.3, 0.4) is 0 Å². The van der Waals surface area contributed by atoms with Crippen molar-refractivity contribution in [2.24, 2.45) is 11.8 Å². The van der Waals surface area contributed by atoms with Crippen LogP contribution in [0, 0.1) is 11.8 Å². The zero-order valence-electron chi connectivity index (χ0n) is 18.3. The lowest BCUT2D eigenvalue weighted by Gasteiger charge is -2.32. The predicted molar refractivity (Wildman–Crippen MR) is 119 cm³/mol. The van der Waals surface area contributed by atoms with E-state index in [0.717, 1.165) is 62.5 Å². The fraction of sp³-hybridized carbons (Fsp3) is 0.696. The van der Waals surface area contributed by atoms with E-state index in [4.69, 9.17) is 0 Å². The van der Waals surface area contributed by atoms with Gasteiger partial charge in [-0.1, -0.05) is 13.3 Å². The Bertz CT molecular complexity index is 882. The maximum absolute atomic E-state index is 12.8. The van der Waals surface area contributed by atoms with E-state index in [9.17, 15) is 13.2 Å². The second-order valence-corrected chi connectivity index (χ2v) is 11.2. The molecule has 30 heavy (non-hydrogen) atoms. The molecule has 6 nitrogen and oxygen atoms in total. The summed E-state index contributed by atoms with van der Waals surface area (Å²) in [5.74, 6) is 1.08. The van der Waals surface area contributed by atoms with E-state index >= 15 is 0 Å². The molecule has 1 aromatic carbocycles. The van der Waals surface area contributed by atoms with Gasteiger partial charge in [-0.3, -0.25) is 4.79 Å². The van der Waals surface area contributed by atoms with Crippen LogP contribution in [0.4, 0.5) is 5.69 Å². The Labute approximate surface area is 181 Å². The number of nitrogens with one attached hydrogen (secondary N) is 1. The summed E-state index contributed by atoms with van der Waals surface area (Å²) in [6, 6.07) is 5.31. The summed E-state index contributed by atoms with van der Waals surface area (Å²) in [5, 5.41) is 0. The number of anilines is 1. The average molecular weight is 434 g/mol. The van der Waals surface area contributed by atoms with Crippen LogP contribution in [0.5, 0.6) is 0 Å². The lowest BCUT2D eigenvalue weighted by atomic mass is 9.84. The molecule has 2 atom stereocenters. The number of sulfonamides is 1. The molecular formula is C23H35N3O3S. The van der Waals surface area contributed by atoms with Gasteiger partial charge >= 0.3 is 0 Å². The number of carbonyl (C=O) groups excluding carboxylic acids is 1. The van der Waals surface area contributed by atoms with E-state index in [1.165, 1.54) is 12.8 Å². The zero-order valence-corrected chi connectivity index (χ0v) is 19.1. The third-order valence-corrected chi connectivity index (χ3v) is 8.41. The molecule has 1 saturated heterocycles. The minimum Gasteiger partial charge on any atom is -0.309 e. The Kier molecular flexibility index (Phi) is 6.51. The van der Waals surface area contributed by atoms with Crippen molar-refractivity contribution in [1.29, 1.82) is 0 Å². The van der Waals surface area contributed by atoms with Crippen LogP contribution in [-0.4, -0.2) is 51.4 Å². The van der Waals surface area contributed by atoms with Gasteiger partial charge in [-0.15, -0.1) is 0 Å². The molecule has 1 N–H and O–H groups in total. The van der Waals surface area contributed by atoms with Gasteiger partial charge < -0.3 is 9.80 Å². The third kappa shape index (κ3) is 4.58. The number of carbonyl (C=O) groups is 1. The Morgan fingerprint density at radius 1 is 1.17 bits per heavy atom. The molecule has 0 unspecified atom stereocenters. The Morgan fingerprint density at radius 2 is 1.97 bits per heavy atom.